The molecule has 1 N–H and O–H groups in total. The Morgan fingerprint density at radius 2 is 2.10 bits per heavy atom. The maximum Gasteiger partial charge on any atom is 0.296 e. The molecule has 2 aliphatic rings. The van der Waals surface area contributed by atoms with E-state index in [1.807, 2.05) is 6.07 Å². The van der Waals surface area contributed by atoms with Crippen molar-refractivity contribution in [3.63, 3.8) is 0 Å². The summed E-state index contributed by atoms with van der Waals surface area (Å²) >= 11 is 3.54. The van der Waals surface area contributed by atoms with Crippen LogP contribution < -0.4 is 10.2 Å². The molecular formula is C15H18BrN3O2. The van der Waals surface area contributed by atoms with Crippen LogP contribution in [0, 0.1) is 0 Å². The highest BCUT2D eigenvalue weighted by Crippen LogP contribution is 2.36. The monoisotopic (exact) mass is 351 g/mol. The highest BCUT2D eigenvalue weighted by atomic mass is 79.9. The summed E-state index contributed by atoms with van der Waals surface area (Å²) in [7, 11) is 0. The van der Waals surface area contributed by atoms with E-state index in [1.165, 1.54) is 0 Å². The number of carbonyl (C=O) groups excluding carboxylic acids is 2. The first-order valence-corrected chi connectivity index (χ1v) is 7.98. The van der Waals surface area contributed by atoms with Gasteiger partial charge in [-0.2, -0.15) is 0 Å². The summed E-state index contributed by atoms with van der Waals surface area (Å²) in [5, 5.41) is 2.64. The van der Waals surface area contributed by atoms with E-state index in [0.29, 0.717) is 17.3 Å². The van der Waals surface area contributed by atoms with Crippen LogP contribution in [-0.2, 0) is 4.79 Å². The quantitative estimate of drug-likeness (QED) is 0.829. The lowest BCUT2D eigenvalue weighted by atomic mass is 10.1. The molecule has 1 amide bonds. The van der Waals surface area contributed by atoms with E-state index in [4.69, 9.17) is 0 Å². The van der Waals surface area contributed by atoms with Crippen LogP contribution in [0.3, 0.4) is 0 Å². The molecule has 2 heterocycles. The second-order valence-corrected chi connectivity index (χ2v) is 6.41. The third-order valence-corrected chi connectivity index (χ3v) is 4.93. The van der Waals surface area contributed by atoms with Crippen LogP contribution in [0.5, 0.6) is 0 Å². The third kappa shape index (κ3) is 2.46. The van der Waals surface area contributed by atoms with Gasteiger partial charge in [0, 0.05) is 30.1 Å². The van der Waals surface area contributed by atoms with Gasteiger partial charge in [0.25, 0.3) is 11.7 Å². The van der Waals surface area contributed by atoms with Gasteiger partial charge < -0.3 is 10.2 Å². The lowest BCUT2D eigenvalue weighted by Gasteiger charge is -2.41. The van der Waals surface area contributed by atoms with Crippen molar-refractivity contribution in [3.8, 4) is 0 Å². The number of anilines is 2. The first-order chi connectivity index (χ1) is 10.0. The van der Waals surface area contributed by atoms with Gasteiger partial charge in [0.1, 0.15) is 0 Å². The molecule has 1 saturated heterocycles. The van der Waals surface area contributed by atoms with Crippen molar-refractivity contribution in [2.45, 2.75) is 19.9 Å². The van der Waals surface area contributed by atoms with Crippen LogP contribution >= 0.6 is 15.9 Å². The first kappa shape index (κ1) is 14.5. The van der Waals surface area contributed by atoms with Gasteiger partial charge in [-0.25, -0.2) is 0 Å². The fraction of sp³-hybridized carbons (Fsp3) is 0.467. The van der Waals surface area contributed by atoms with Crippen LogP contribution in [0.1, 0.15) is 24.2 Å². The van der Waals surface area contributed by atoms with Crippen molar-refractivity contribution in [1.29, 1.82) is 0 Å². The van der Waals surface area contributed by atoms with Gasteiger partial charge in [-0.1, -0.05) is 6.92 Å². The minimum Gasteiger partial charge on any atom is -0.368 e. The molecule has 1 aromatic carbocycles. The Bertz CT molecular complexity index is 617. The van der Waals surface area contributed by atoms with E-state index in [0.717, 1.165) is 36.3 Å². The summed E-state index contributed by atoms with van der Waals surface area (Å²) in [6, 6.07) is 4.14. The number of fused-ring (bicyclic) bond motifs is 1. The molecule has 2 aliphatic heterocycles. The molecule has 1 unspecified atom stereocenters. The summed E-state index contributed by atoms with van der Waals surface area (Å²) in [6.45, 7) is 8.36. The molecule has 0 saturated carbocycles. The van der Waals surface area contributed by atoms with E-state index in [9.17, 15) is 9.59 Å². The molecule has 6 heteroatoms. The van der Waals surface area contributed by atoms with Crippen LogP contribution in [0.15, 0.2) is 16.6 Å². The Labute approximate surface area is 132 Å². The number of carbonyl (C=O) groups is 2. The highest BCUT2D eigenvalue weighted by molar-refractivity contribution is 9.10. The number of Topliss-reactive ketones (excluding diaryl/α,β-unsaturated/α-hetero) is 1. The number of amides is 1. The molecule has 112 valence electrons. The number of likely N-dealkylation sites (N-methyl/N-ethyl adjacent to an activating group) is 1. The van der Waals surface area contributed by atoms with E-state index in [1.54, 1.807) is 6.07 Å². The Morgan fingerprint density at radius 3 is 2.76 bits per heavy atom. The Balaban J connectivity index is 1.89. The van der Waals surface area contributed by atoms with E-state index < -0.39 is 11.7 Å². The number of ketones is 1. The van der Waals surface area contributed by atoms with Gasteiger partial charge in [0.15, 0.2) is 0 Å². The largest absolute Gasteiger partial charge is 0.368 e. The van der Waals surface area contributed by atoms with Crippen LogP contribution in [-0.4, -0.2) is 48.8 Å². The molecule has 0 aliphatic carbocycles. The second-order valence-electron chi connectivity index (χ2n) is 5.56. The predicted molar refractivity (Wildman–Crippen MR) is 86.0 cm³/mol. The van der Waals surface area contributed by atoms with Gasteiger partial charge in [0.05, 0.1) is 16.9 Å². The second kappa shape index (κ2) is 5.42. The number of nitrogens with one attached hydrogen (secondary N) is 1. The Hall–Kier alpha value is -1.40. The van der Waals surface area contributed by atoms with Gasteiger partial charge in [0.2, 0.25) is 0 Å². The van der Waals surface area contributed by atoms with Gasteiger partial charge in [-0.15, -0.1) is 0 Å². The standard InChI is InChI=1S/C15H18BrN3O2/c1-3-18-4-5-19(8-9(18)2)13-7-12-10(6-11(13)16)14(20)15(21)17-12/h6-7,9H,3-5,8H2,1-2H3,(H,17,20,21). The first-order valence-electron chi connectivity index (χ1n) is 7.19. The van der Waals surface area contributed by atoms with E-state index >= 15 is 0 Å². The van der Waals surface area contributed by atoms with E-state index in [2.05, 4.69) is 44.9 Å². The molecule has 1 aromatic rings. The SMILES string of the molecule is CCN1CCN(c2cc3c(cc2Br)C(=O)C(=O)N3)CC1C. The third-order valence-electron chi connectivity index (χ3n) is 4.30. The smallest absolute Gasteiger partial charge is 0.296 e. The molecular weight excluding hydrogens is 334 g/mol. The summed E-state index contributed by atoms with van der Waals surface area (Å²) in [6.07, 6.45) is 0. The molecule has 0 spiro atoms. The number of halogens is 1. The molecule has 1 fully saturated rings. The van der Waals surface area contributed by atoms with Crippen molar-refractivity contribution in [3.05, 3.63) is 22.2 Å². The van der Waals surface area contributed by atoms with Crippen LogP contribution in [0.2, 0.25) is 0 Å². The number of rotatable bonds is 2. The Kier molecular flexibility index (Phi) is 3.75. The number of benzene rings is 1. The average Bonchev–Trinajstić information content (AvgIpc) is 2.73. The fourth-order valence-electron chi connectivity index (χ4n) is 3.08. The van der Waals surface area contributed by atoms with Crippen LogP contribution in [0.25, 0.3) is 0 Å². The number of hydrogen-bond acceptors (Lipinski definition) is 4. The summed E-state index contributed by atoms with van der Waals surface area (Å²) < 4.78 is 0.864. The topological polar surface area (TPSA) is 52.7 Å². The van der Waals surface area contributed by atoms with Crippen molar-refractivity contribution in [2.75, 3.05) is 36.4 Å². The average molecular weight is 352 g/mol. The maximum atomic E-state index is 11.7. The minimum atomic E-state index is -0.543. The van der Waals surface area contributed by atoms with Crippen molar-refractivity contribution < 1.29 is 9.59 Å². The van der Waals surface area contributed by atoms with Crippen LogP contribution in [0.4, 0.5) is 11.4 Å². The van der Waals surface area contributed by atoms with Gasteiger partial charge >= 0.3 is 0 Å². The zero-order valence-corrected chi connectivity index (χ0v) is 13.7. The number of hydrogen-bond donors (Lipinski definition) is 1. The zero-order valence-electron chi connectivity index (χ0n) is 12.1. The van der Waals surface area contributed by atoms with E-state index in [-0.39, 0.29) is 0 Å². The highest BCUT2D eigenvalue weighted by Gasteiger charge is 2.31. The number of nitrogens with zero attached hydrogens (tertiary/aromatic N) is 2. The summed E-state index contributed by atoms with van der Waals surface area (Å²) in [5.41, 5.74) is 2.11. The zero-order chi connectivity index (χ0) is 15.1. The molecule has 5 nitrogen and oxygen atoms in total. The fourth-order valence-corrected chi connectivity index (χ4v) is 3.67. The number of piperazine rings is 1. The van der Waals surface area contributed by atoms with Gasteiger partial charge in [-0.3, -0.25) is 14.5 Å². The molecule has 0 radical (unpaired) electrons. The molecule has 3 rings (SSSR count). The van der Waals surface area contributed by atoms with Crippen molar-refractivity contribution >= 4 is 39.0 Å². The predicted octanol–water partition coefficient (Wildman–Crippen LogP) is 2.11. The van der Waals surface area contributed by atoms with Crippen molar-refractivity contribution in [2.24, 2.45) is 0 Å². The molecule has 0 bridgehead atoms. The normalized spacial score (nSPS) is 22.4. The lowest BCUT2D eigenvalue weighted by molar-refractivity contribution is -0.112. The lowest BCUT2D eigenvalue weighted by Crippen LogP contribution is -2.51. The van der Waals surface area contributed by atoms with Gasteiger partial charge in [-0.05, 0) is 41.5 Å². The van der Waals surface area contributed by atoms with Crippen molar-refractivity contribution in [1.82, 2.24) is 4.90 Å². The maximum absolute atomic E-state index is 11.7. The summed E-state index contributed by atoms with van der Waals surface area (Å²) in [4.78, 5) is 27.9. The molecule has 21 heavy (non-hydrogen) atoms. The summed E-state index contributed by atoms with van der Waals surface area (Å²) in [5.74, 6) is -1.00. The Morgan fingerprint density at radius 1 is 1.33 bits per heavy atom. The molecule has 0 aromatic heterocycles. The molecule has 1 atom stereocenters. The minimum absolute atomic E-state index is 0.455.